The lowest BCUT2D eigenvalue weighted by molar-refractivity contribution is 0.474. The molecule has 0 bridgehead atoms. The van der Waals surface area contributed by atoms with Gasteiger partial charge >= 0.3 is 0 Å². The summed E-state index contributed by atoms with van der Waals surface area (Å²) in [6, 6.07) is 7.08. The second kappa shape index (κ2) is 7.10. The average molecular weight is 217 g/mol. The van der Waals surface area contributed by atoms with E-state index in [0.29, 0.717) is 0 Å². The van der Waals surface area contributed by atoms with Crippen molar-refractivity contribution in [1.29, 1.82) is 0 Å². The Labute approximate surface area is 98.8 Å². The minimum absolute atomic E-state index is 0.285. The Kier molecular flexibility index (Phi) is 5.69. The van der Waals surface area contributed by atoms with Crippen LogP contribution in [0.15, 0.2) is 30.8 Å². The molecule has 0 spiro atoms. The van der Waals surface area contributed by atoms with E-state index in [4.69, 9.17) is 5.11 Å². The third-order valence-electron chi connectivity index (χ3n) is 2.97. The maximum atomic E-state index is 9.04. The van der Waals surface area contributed by atoms with Gasteiger partial charge in [0.15, 0.2) is 0 Å². The summed E-state index contributed by atoms with van der Waals surface area (Å²) in [5.41, 5.74) is 0.775. The van der Waals surface area contributed by atoms with E-state index in [0.717, 1.165) is 5.56 Å². The number of phenols is 1. The summed E-state index contributed by atoms with van der Waals surface area (Å²) in [5.74, 6) is 2.08. The van der Waals surface area contributed by atoms with Crippen LogP contribution in [0.3, 0.4) is 0 Å². The van der Waals surface area contributed by atoms with Crippen LogP contribution in [-0.2, 0) is 0 Å². The average Bonchev–Trinajstić information content (AvgIpc) is 2.83. The number of aromatic hydroxyl groups is 1. The highest BCUT2D eigenvalue weighted by Crippen LogP contribution is 2.28. The summed E-state index contributed by atoms with van der Waals surface area (Å²) in [4.78, 5) is 0. The molecule has 1 fully saturated rings. The fraction of sp³-hybridized carbons (Fsp3) is 0.400. The van der Waals surface area contributed by atoms with Crippen molar-refractivity contribution in [2.75, 3.05) is 0 Å². The molecule has 1 nitrogen and oxygen atoms in total. The van der Waals surface area contributed by atoms with Crippen LogP contribution >= 0.6 is 0 Å². The van der Waals surface area contributed by atoms with Crippen LogP contribution in [0.4, 0.5) is 0 Å². The maximum absolute atomic E-state index is 9.04. The van der Waals surface area contributed by atoms with Crippen molar-refractivity contribution in [2.24, 2.45) is 0 Å². The number of rotatable bonds is 2. The third kappa shape index (κ3) is 4.09. The van der Waals surface area contributed by atoms with Crippen molar-refractivity contribution in [2.45, 2.75) is 39.0 Å². The lowest BCUT2D eigenvalue weighted by Crippen LogP contribution is -1.83. The Hall–Kier alpha value is -1.24. The molecule has 1 N–H and O–H groups in total. The van der Waals surface area contributed by atoms with Gasteiger partial charge in [0.2, 0.25) is 0 Å². The fourth-order valence-corrected chi connectivity index (χ4v) is 1.89. The van der Waals surface area contributed by atoms with Crippen molar-refractivity contribution in [1.82, 2.24) is 0 Å². The third-order valence-corrected chi connectivity index (χ3v) is 2.97. The second-order valence-electron chi connectivity index (χ2n) is 4.07. The standard InChI is InChI=1S/C8H8O.C7H13/c1-2-7-5-3-4-6-8(7)9;1-2-7-5-3-4-6-7/h2-6,9H,1H2;2-6H2,1H3. The minimum atomic E-state index is 0.285. The molecule has 1 saturated carbocycles. The predicted octanol–water partition coefficient (Wildman–Crippen LogP) is 4.58. The molecule has 0 atom stereocenters. The summed E-state index contributed by atoms with van der Waals surface area (Å²) < 4.78 is 0. The van der Waals surface area contributed by atoms with Gasteiger partial charge in [-0.05, 0) is 31.2 Å². The van der Waals surface area contributed by atoms with E-state index < -0.39 is 0 Å². The molecule has 1 radical (unpaired) electrons. The Morgan fingerprint density at radius 3 is 2.25 bits per heavy atom. The summed E-state index contributed by atoms with van der Waals surface area (Å²) in [5, 5.41) is 9.04. The molecule has 0 saturated heterocycles. The highest BCUT2D eigenvalue weighted by Gasteiger charge is 2.11. The van der Waals surface area contributed by atoms with E-state index in [1.54, 1.807) is 24.1 Å². The number of para-hydroxylation sites is 1. The van der Waals surface area contributed by atoms with Gasteiger partial charge in [0, 0.05) is 5.56 Å². The molecule has 0 aromatic heterocycles. The van der Waals surface area contributed by atoms with E-state index in [-0.39, 0.29) is 5.75 Å². The first-order valence-corrected chi connectivity index (χ1v) is 6.02. The van der Waals surface area contributed by atoms with Crippen molar-refractivity contribution in [3.63, 3.8) is 0 Å². The normalized spacial score (nSPS) is 15.3. The first-order chi connectivity index (χ1) is 7.77. The summed E-state index contributed by atoms with van der Waals surface area (Å²) in [7, 11) is 0. The Morgan fingerprint density at radius 2 is 1.88 bits per heavy atom. The number of phenolic OH excluding ortho intramolecular Hbond substituents is 1. The molecule has 1 aliphatic carbocycles. The molecule has 0 heterocycles. The van der Waals surface area contributed by atoms with E-state index in [9.17, 15) is 0 Å². The highest BCUT2D eigenvalue weighted by molar-refractivity contribution is 5.54. The van der Waals surface area contributed by atoms with Crippen molar-refractivity contribution >= 4 is 6.08 Å². The Morgan fingerprint density at radius 1 is 1.25 bits per heavy atom. The molecule has 1 aromatic carbocycles. The highest BCUT2D eigenvalue weighted by atomic mass is 16.3. The van der Waals surface area contributed by atoms with E-state index in [2.05, 4.69) is 13.5 Å². The molecule has 1 aliphatic rings. The van der Waals surface area contributed by atoms with Gasteiger partial charge in [-0.3, -0.25) is 0 Å². The van der Waals surface area contributed by atoms with Crippen molar-refractivity contribution in [3.05, 3.63) is 42.3 Å². The van der Waals surface area contributed by atoms with E-state index in [1.807, 2.05) is 12.1 Å². The van der Waals surface area contributed by atoms with Gasteiger partial charge in [-0.15, -0.1) is 0 Å². The van der Waals surface area contributed by atoms with E-state index in [1.165, 1.54) is 32.1 Å². The molecule has 87 valence electrons. The van der Waals surface area contributed by atoms with Gasteiger partial charge < -0.3 is 5.11 Å². The zero-order chi connectivity index (χ0) is 11.8. The molecule has 0 amide bonds. The van der Waals surface area contributed by atoms with Crippen LogP contribution in [0.1, 0.15) is 44.6 Å². The minimum Gasteiger partial charge on any atom is -0.507 e. The molecule has 16 heavy (non-hydrogen) atoms. The van der Waals surface area contributed by atoms with Crippen molar-refractivity contribution < 1.29 is 5.11 Å². The number of benzene rings is 1. The zero-order valence-corrected chi connectivity index (χ0v) is 10.1. The zero-order valence-electron chi connectivity index (χ0n) is 10.1. The Bertz CT molecular complexity index is 311. The van der Waals surface area contributed by atoms with Crippen molar-refractivity contribution in [3.8, 4) is 5.75 Å². The monoisotopic (exact) mass is 217 g/mol. The van der Waals surface area contributed by atoms with Gasteiger partial charge in [0.05, 0.1) is 0 Å². The molecule has 1 heteroatoms. The molecule has 0 unspecified atom stereocenters. The van der Waals surface area contributed by atoms with Crippen LogP contribution in [0.2, 0.25) is 0 Å². The van der Waals surface area contributed by atoms with Crippen LogP contribution in [0.5, 0.6) is 5.75 Å². The lowest BCUT2D eigenvalue weighted by Gasteiger charge is -1.98. The van der Waals surface area contributed by atoms with Gasteiger partial charge in [0.25, 0.3) is 0 Å². The maximum Gasteiger partial charge on any atom is 0.122 e. The van der Waals surface area contributed by atoms with Gasteiger partial charge in [-0.2, -0.15) is 0 Å². The van der Waals surface area contributed by atoms with Crippen LogP contribution < -0.4 is 0 Å². The Balaban J connectivity index is 0.000000165. The van der Waals surface area contributed by atoms with Crippen LogP contribution in [0.25, 0.3) is 6.08 Å². The molecule has 1 aromatic rings. The summed E-state index contributed by atoms with van der Waals surface area (Å²) in [6.45, 7) is 5.80. The van der Waals surface area contributed by atoms with Gasteiger partial charge in [-0.25, -0.2) is 0 Å². The number of hydrogen-bond acceptors (Lipinski definition) is 1. The quantitative estimate of drug-likeness (QED) is 0.768. The predicted molar refractivity (Wildman–Crippen MR) is 70.2 cm³/mol. The SMILES string of the molecule is C=Cc1ccccc1O.CC[C]1CCCC1. The van der Waals surface area contributed by atoms with E-state index >= 15 is 0 Å². The lowest BCUT2D eigenvalue weighted by atomic mass is 10.1. The molecule has 2 rings (SSSR count). The topological polar surface area (TPSA) is 20.2 Å². The first kappa shape index (κ1) is 12.8. The van der Waals surface area contributed by atoms with Crippen LogP contribution in [0, 0.1) is 5.92 Å². The van der Waals surface area contributed by atoms with Gasteiger partial charge in [0.1, 0.15) is 5.75 Å². The van der Waals surface area contributed by atoms with Crippen LogP contribution in [-0.4, -0.2) is 5.11 Å². The summed E-state index contributed by atoms with van der Waals surface area (Å²) >= 11 is 0. The largest absolute Gasteiger partial charge is 0.507 e. The van der Waals surface area contributed by atoms with Gasteiger partial charge in [-0.1, -0.05) is 50.6 Å². The number of hydrogen-bond donors (Lipinski definition) is 1. The molecule has 0 aliphatic heterocycles. The molecular formula is C15H21O. The fourth-order valence-electron chi connectivity index (χ4n) is 1.89. The summed E-state index contributed by atoms with van der Waals surface area (Å²) in [6.07, 6.45) is 8.73. The second-order valence-corrected chi connectivity index (χ2v) is 4.07. The first-order valence-electron chi connectivity index (χ1n) is 6.02. The molecular weight excluding hydrogens is 196 g/mol. The smallest absolute Gasteiger partial charge is 0.122 e.